The third-order valence-corrected chi connectivity index (χ3v) is 2.44. The highest BCUT2D eigenvalue weighted by Gasteiger charge is 2.11. The third kappa shape index (κ3) is 2.33. The minimum absolute atomic E-state index is 0.111. The molecule has 0 saturated carbocycles. The van der Waals surface area contributed by atoms with Crippen LogP contribution in [0.1, 0.15) is 11.3 Å². The van der Waals surface area contributed by atoms with E-state index in [1.807, 2.05) is 0 Å². The molecule has 0 atom stereocenters. The molecule has 88 valence electrons. The van der Waals surface area contributed by atoms with Crippen molar-refractivity contribution >= 4 is 5.97 Å². The van der Waals surface area contributed by atoms with Gasteiger partial charge in [-0.3, -0.25) is 4.79 Å². The molecule has 0 radical (unpaired) electrons. The Labute approximate surface area is 97.3 Å². The number of hydrogen-bond donors (Lipinski definition) is 1. The minimum Gasteiger partial charge on any atom is -0.481 e. The summed E-state index contributed by atoms with van der Waals surface area (Å²) >= 11 is 0. The molecule has 0 fully saturated rings. The van der Waals surface area contributed by atoms with Gasteiger partial charge in [0.2, 0.25) is 0 Å². The van der Waals surface area contributed by atoms with Gasteiger partial charge < -0.3 is 5.11 Å². The van der Waals surface area contributed by atoms with Crippen LogP contribution >= 0.6 is 0 Å². The second-order valence-electron chi connectivity index (χ2n) is 3.71. The van der Waals surface area contributed by atoms with Crippen LogP contribution in [0.5, 0.6) is 0 Å². The summed E-state index contributed by atoms with van der Waals surface area (Å²) in [6.07, 6.45) is 1.43. The lowest BCUT2D eigenvalue weighted by molar-refractivity contribution is -0.136. The second kappa shape index (κ2) is 4.37. The van der Waals surface area contributed by atoms with Gasteiger partial charge in [0.1, 0.15) is 11.5 Å². The number of aryl methyl sites for hydroxylation is 1. The zero-order valence-corrected chi connectivity index (χ0v) is 9.22. The molecule has 0 bridgehead atoms. The predicted molar refractivity (Wildman–Crippen MR) is 59.6 cm³/mol. The van der Waals surface area contributed by atoms with E-state index in [4.69, 9.17) is 5.11 Å². The fourth-order valence-corrected chi connectivity index (χ4v) is 1.59. The predicted octanol–water partition coefficient (Wildman–Crippen LogP) is 1.95. The van der Waals surface area contributed by atoms with E-state index in [9.17, 15) is 9.18 Å². The van der Waals surface area contributed by atoms with Crippen molar-refractivity contribution < 1.29 is 14.3 Å². The molecule has 1 heterocycles. The van der Waals surface area contributed by atoms with E-state index in [1.165, 1.54) is 10.7 Å². The van der Waals surface area contributed by atoms with Crippen molar-refractivity contribution in [3.8, 4) is 5.69 Å². The number of nitrogens with zero attached hydrogens (tertiary/aromatic N) is 2. The number of halogens is 1. The molecule has 0 unspecified atom stereocenters. The molecular formula is C12H11FN2O2. The first-order valence-electron chi connectivity index (χ1n) is 5.10. The van der Waals surface area contributed by atoms with E-state index in [-0.39, 0.29) is 6.42 Å². The Morgan fingerprint density at radius 1 is 1.47 bits per heavy atom. The van der Waals surface area contributed by atoms with E-state index in [1.54, 1.807) is 31.3 Å². The van der Waals surface area contributed by atoms with Crippen LogP contribution in [-0.4, -0.2) is 20.9 Å². The molecule has 17 heavy (non-hydrogen) atoms. The Morgan fingerprint density at radius 3 is 2.82 bits per heavy atom. The minimum atomic E-state index is -0.929. The Hall–Kier alpha value is -2.17. The van der Waals surface area contributed by atoms with Crippen LogP contribution in [0.3, 0.4) is 0 Å². The van der Waals surface area contributed by atoms with Crippen LogP contribution in [-0.2, 0) is 11.2 Å². The highest BCUT2D eigenvalue weighted by atomic mass is 19.1. The number of para-hydroxylation sites is 1. The van der Waals surface area contributed by atoms with Crippen molar-refractivity contribution in [2.24, 2.45) is 0 Å². The van der Waals surface area contributed by atoms with Crippen LogP contribution in [0.25, 0.3) is 5.69 Å². The zero-order chi connectivity index (χ0) is 12.4. The van der Waals surface area contributed by atoms with E-state index in [0.29, 0.717) is 16.9 Å². The normalized spacial score (nSPS) is 10.5. The third-order valence-electron chi connectivity index (χ3n) is 2.44. The summed E-state index contributed by atoms with van der Waals surface area (Å²) in [5, 5.41) is 12.8. The van der Waals surface area contributed by atoms with Crippen LogP contribution in [0.2, 0.25) is 0 Å². The molecule has 1 aromatic heterocycles. The Bertz CT molecular complexity index is 563. The van der Waals surface area contributed by atoms with Gasteiger partial charge >= 0.3 is 5.97 Å². The lowest BCUT2D eigenvalue weighted by atomic mass is 10.2. The van der Waals surface area contributed by atoms with Gasteiger partial charge in [-0.1, -0.05) is 12.1 Å². The van der Waals surface area contributed by atoms with Gasteiger partial charge in [0.15, 0.2) is 0 Å². The molecule has 0 spiro atoms. The number of hydrogen-bond acceptors (Lipinski definition) is 2. The summed E-state index contributed by atoms with van der Waals surface area (Å²) in [6, 6.07) is 6.22. The van der Waals surface area contributed by atoms with Crippen molar-refractivity contribution in [1.82, 2.24) is 9.78 Å². The summed E-state index contributed by atoms with van der Waals surface area (Å²) in [6.45, 7) is 1.70. The van der Waals surface area contributed by atoms with E-state index in [0.717, 1.165) is 0 Å². The summed E-state index contributed by atoms with van der Waals surface area (Å²) in [5.41, 5.74) is 1.49. The number of aliphatic carboxylic acids is 1. The molecule has 1 aromatic carbocycles. The molecule has 0 saturated heterocycles. The Kier molecular flexibility index (Phi) is 2.91. The monoisotopic (exact) mass is 234 g/mol. The van der Waals surface area contributed by atoms with Gasteiger partial charge in [-0.05, 0) is 19.1 Å². The summed E-state index contributed by atoms with van der Waals surface area (Å²) in [4.78, 5) is 10.6. The van der Waals surface area contributed by atoms with Crippen molar-refractivity contribution in [2.75, 3.05) is 0 Å². The second-order valence-corrected chi connectivity index (χ2v) is 3.71. The number of carbonyl (C=O) groups is 1. The number of carboxylic acid groups (broad SMARTS) is 1. The fraction of sp³-hybridized carbons (Fsp3) is 0.167. The van der Waals surface area contributed by atoms with Crippen LogP contribution in [0.15, 0.2) is 30.5 Å². The average molecular weight is 234 g/mol. The summed E-state index contributed by atoms with van der Waals surface area (Å²) in [5.74, 6) is -1.32. The van der Waals surface area contributed by atoms with Gasteiger partial charge in [-0.2, -0.15) is 5.10 Å². The van der Waals surface area contributed by atoms with Gasteiger partial charge in [-0.15, -0.1) is 0 Å². The van der Waals surface area contributed by atoms with Crippen LogP contribution < -0.4 is 0 Å². The molecular weight excluding hydrogens is 223 g/mol. The van der Waals surface area contributed by atoms with Crippen LogP contribution in [0, 0.1) is 12.7 Å². The quantitative estimate of drug-likeness (QED) is 0.883. The highest BCUT2D eigenvalue weighted by Crippen LogP contribution is 2.15. The lowest BCUT2D eigenvalue weighted by Gasteiger charge is -2.01. The Balaban J connectivity index is 2.41. The highest BCUT2D eigenvalue weighted by molar-refractivity contribution is 5.70. The van der Waals surface area contributed by atoms with Gasteiger partial charge in [0, 0.05) is 11.8 Å². The average Bonchev–Trinajstić information content (AvgIpc) is 2.60. The Morgan fingerprint density at radius 2 is 2.18 bits per heavy atom. The maximum absolute atomic E-state index is 13.5. The SMILES string of the molecule is Cc1nn(-c2ccccc2F)cc1CC(=O)O. The molecule has 2 aromatic rings. The molecule has 4 nitrogen and oxygen atoms in total. The number of rotatable bonds is 3. The molecule has 1 N–H and O–H groups in total. The smallest absolute Gasteiger partial charge is 0.307 e. The standard InChI is InChI=1S/C12H11FN2O2/c1-8-9(6-12(16)17)7-15(14-8)11-5-3-2-4-10(11)13/h2-5,7H,6H2,1H3,(H,16,17). The number of aromatic nitrogens is 2. The van der Waals surface area contributed by atoms with Gasteiger partial charge in [-0.25, -0.2) is 9.07 Å². The van der Waals surface area contributed by atoms with E-state index < -0.39 is 11.8 Å². The maximum Gasteiger partial charge on any atom is 0.307 e. The van der Waals surface area contributed by atoms with Gasteiger partial charge in [0.25, 0.3) is 0 Å². The first-order chi connectivity index (χ1) is 8.08. The topological polar surface area (TPSA) is 55.1 Å². The molecule has 2 rings (SSSR count). The zero-order valence-electron chi connectivity index (χ0n) is 9.22. The summed E-state index contributed by atoms with van der Waals surface area (Å²) < 4.78 is 14.9. The summed E-state index contributed by atoms with van der Waals surface area (Å²) in [7, 11) is 0. The molecule has 0 aliphatic rings. The number of carboxylic acids is 1. The fourth-order valence-electron chi connectivity index (χ4n) is 1.59. The van der Waals surface area contributed by atoms with Gasteiger partial charge in [0.05, 0.1) is 12.1 Å². The van der Waals surface area contributed by atoms with Crippen molar-refractivity contribution in [2.45, 2.75) is 13.3 Å². The van der Waals surface area contributed by atoms with Crippen molar-refractivity contribution in [3.05, 3.63) is 47.5 Å². The lowest BCUT2D eigenvalue weighted by Crippen LogP contribution is -2.00. The largest absolute Gasteiger partial charge is 0.481 e. The van der Waals surface area contributed by atoms with Crippen molar-refractivity contribution in [1.29, 1.82) is 0 Å². The first kappa shape index (κ1) is 11.3. The molecule has 5 heteroatoms. The van der Waals surface area contributed by atoms with Crippen molar-refractivity contribution in [3.63, 3.8) is 0 Å². The molecule has 0 aliphatic carbocycles. The number of benzene rings is 1. The van der Waals surface area contributed by atoms with Crippen LogP contribution in [0.4, 0.5) is 4.39 Å². The van der Waals surface area contributed by atoms with E-state index >= 15 is 0 Å². The van der Waals surface area contributed by atoms with E-state index in [2.05, 4.69) is 5.10 Å². The molecule has 0 amide bonds. The maximum atomic E-state index is 13.5. The first-order valence-corrected chi connectivity index (χ1v) is 5.10. The molecule has 0 aliphatic heterocycles.